The molecule has 2 unspecified atom stereocenters. The molecule has 7 atom stereocenters. The molecule has 0 spiro atoms. The molecule has 0 aliphatic carbocycles. The maximum atomic E-state index is 10.3. The topological polar surface area (TPSA) is 109 Å². The minimum Gasteiger partial charge on any atom is -0.394 e. The Hall–Kier alpha value is -0.770. The van der Waals surface area contributed by atoms with Crippen molar-refractivity contribution in [3.05, 3.63) is 34.3 Å². The van der Waals surface area contributed by atoms with Gasteiger partial charge in [0.2, 0.25) is 0 Å². The fourth-order valence-electron chi connectivity index (χ4n) is 3.72. The van der Waals surface area contributed by atoms with Crippen LogP contribution in [0, 0.1) is 0 Å². The third-order valence-electron chi connectivity index (χ3n) is 5.18. The molecule has 1 aromatic rings. The molecule has 0 saturated carbocycles. The summed E-state index contributed by atoms with van der Waals surface area (Å²) in [7, 11) is 0. The van der Waals surface area contributed by atoms with Gasteiger partial charge >= 0.3 is 0 Å². The summed E-state index contributed by atoms with van der Waals surface area (Å²) in [5.41, 5.74) is 1.46. The second kappa shape index (κ2) is 9.15. The van der Waals surface area contributed by atoms with E-state index in [-0.39, 0.29) is 12.2 Å². The van der Waals surface area contributed by atoms with Gasteiger partial charge in [-0.2, -0.15) is 0 Å². The first kappa shape index (κ1) is 21.0. The molecule has 8 heteroatoms. The van der Waals surface area contributed by atoms with Crippen LogP contribution < -0.4 is 0 Å². The smallest absolute Gasteiger partial charge is 0.113 e. The largest absolute Gasteiger partial charge is 0.394 e. The summed E-state index contributed by atoms with van der Waals surface area (Å²) in [6.45, 7) is 2.70. The van der Waals surface area contributed by atoms with Crippen molar-refractivity contribution in [1.82, 2.24) is 0 Å². The molecule has 4 N–H and O–H groups in total. The van der Waals surface area contributed by atoms with Gasteiger partial charge in [-0.25, -0.2) is 0 Å². The molecule has 1 aromatic carbocycles. The number of ether oxygens (including phenoxy) is 3. The molecule has 0 aromatic heterocycles. The minimum absolute atomic E-state index is 0.0101. The lowest BCUT2D eigenvalue weighted by Gasteiger charge is -2.40. The molecular formula is C19H27ClO7. The molecule has 2 aliphatic rings. The number of aliphatic hydroxyl groups is 4. The van der Waals surface area contributed by atoms with Crippen LogP contribution in [0.4, 0.5) is 0 Å². The fraction of sp³-hybridized carbons (Fsp3) is 0.684. The highest BCUT2D eigenvalue weighted by Crippen LogP contribution is 2.34. The van der Waals surface area contributed by atoms with Crippen LogP contribution in [0.15, 0.2) is 18.2 Å². The van der Waals surface area contributed by atoms with Gasteiger partial charge in [-0.05, 0) is 24.1 Å². The average molecular weight is 403 g/mol. The predicted octanol–water partition coefficient (Wildman–Crippen LogP) is 0.591. The van der Waals surface area contributed by atoms with E-state index in [4.69, 9.17) is 25.8 Å². The summed E-state index contributed by atoms with van der Waals surface area (Å²) >= 11 is 6.34. The highest BCUT2D eigenvalue weighted by Gasteiger charge is 2.44. The van der Waals surface area contributed by atoms with Gasteiger partial charge in [-0.1, -0.05) is 23.7 Å². The van der Waals surface area contributed by atoms with Crippen LogP contribution in [-0.4, -0.2) is 76.9 Å². The van der Waals surface area contributed by atoms with Crippen LogP contribution in [-0.2, 0) is 20.6 Å². The number of halogens is 1. The minimum atomic E-state index is -1.41. The van der Waals surface area contributed by atoms with Gasteiger partial charge in [0.25, 0.3) is 0 Å². The Labute approximate surface area is 163 Å². The summed E-state index contributed by atoms with van der Waals surface area (Å²) < 4.78 is 17.0. The van der Waals surface area contributed by atoms with Crippen molar-refractivity contribution in [2.24, 2.45) is 0 Å². The molecule has 0 radical (unpaired) electrons. The van der Waals surface area contributed by atoms with Gasteiger partial charge in [0.15, 0.2) is 0 Å². The standard InChI is InChI=1S/C19H27ClO7/c1-2-25-13-7-12(26-9-13)6-11-5-10(3-4-14(11)20)19-18(24)17(23)16(22)15(8-21)27-19/h3-5,12-13,15-19,21-24H,2,6-9H2,1H3/t12?,13?,15-,16-,17+,18-,19+/m1/s1. The molecule has 3 rings (SSSR count). The van der Waals surface area contributed by atoms with Crippen molar-refractivity contribution in [3.8, 4) is 0 Å². The maximum Gasteiger partial charge on any atom is 0.113 e. The maximum absolute atomic E-state index is 10.3. The van der Waals surface area contributed by atoms with E-state index in [0.29, 0.717) is 30.2 Å². The van der Waals surface area contributed by atoms with Gasteiger partial charge in [0.1, 0.15) is 30.5 Å². The molecule has 0 bridgehead atoms. The van der Waals surface area contributed by atoms with Crippen LogP contribution in [0.25, 0.3) is 0 Å². The van der Waals surface area contributed by atoms with E-state index in [1.54, 1.807) is 12.1 Å². The Balaban J connectivity index is 1.75. The lowest BCUT2D eigenvalue weighted by atomic mass is 9.90. The van der Waals surface area contributed by atoms with Crippen LogP contribution in [0.3, 0.4) is 0 Å². The SMILES string of the molecule is CCOC1COC(Cc2cc([C@@H]3O[C@H](CO)[C@@H](O)[C@H](O)[C@H]3O)ccc2Cl)C1. The fourth-order valence-corrected chi connectivity index (χ4v) is 3.91. The highest BCUT2D eigenvalue weighted by atomic mass is 35.5. The lowest BCUT2D eigenvalue weighted by molar-refractivity contribution is -0.231. The molecule has 2 saturated heterocycles. The first-order chi connectivity index (χ1) is 12.9. The second-order valence-electron chi connectivity index (χ2n) is 7.07. The number of rotatable bonds is 6. The third-order valence-corrected chi connectivity index (χ3v) is 5.55. The van der Waals surface area contributed by atoms with E-state index >= 15 is 0 Å². The van der Waals surface area contributed by atoms with Crippen LogP contribution >= 0.6 is 11.6 Å². The first-order valence-electron chi connectivity index (χ1n) is 9.26. The van der Waals surface area contributed by atoms with Crippen molar-refractivity contribution in [2.75, 3.05) is 19.8 Å². The van der Waals surface area contributed by atoms with Crippen LogP contribution in [0.1, 0.15) is 30.6 Å². The Morgan fingerprint density at radius 1 is 1.19 bits per heavy atom. The average Bonchev–Trinajstić information content (AvgIpc) is 3.09. The van der Waals surface area contributed by atoms with E-state index in [2.05, 4.69) is 0 Å². The molecule has 2 aliphatic heterocycles. The molecule has 2 heterocycles. The van der Waals surface area contributed by atoms with Crippen molar-refractivity contribution in [3.63, 3.8) is 0 Å². The van der Waals surface area contributed by atoms with E-state index in [1.807, 2.05) is 13.0 Å². The second-order valence-corrected chi connectivity index (χ2v) is 7.48. The van der Waals surface area contributed by atoms with Gasteiger partial charge in [0, 0.05) is 24.5 Å². The molecule has 0 amide bonds. The van der Waals surface area contributed by atoms with Crippen molar-refractivity contribution in [2.45, 2.75) is 62.5 Å². The molecule has 27 heavy (non-hydrogen) atoms. The van der Waals surface area contributed by atoms with Gasteiger partial charge in [-0.15, -0.1) is 0 Å². The van der Waals surface area contributed by atoms with E-state index in [0.717, 1.165) is 12.0 Å². The summed E-state index contributed by atoms with van der Waals surface area (Å²) in [6.07, 6.45) is -4.48. The van der Waals surface area contributed by atoms with E-state index in [9.17, 15) is 20.4 Å². The Morgan fingerprint density at radius 3 is 2.67 bits per heavy atom. The van der Waals surface area contributed by atoms with Gasteiger partial charge in [-0.3, -0.25) is 0 Å². The van der Waals surface area contributed by atoms with Gasteiger partial charge < -0.3 is 34.6 Å². The monoisotopic (exact) mass is 402 g/mol. The van der Waals surface area contributed by atoms with E-state index < -0.39 is 37.1 Å². The quantitative estimate of drug-likeness (QED) is 0.551. The van der Waals surface area contributed by atoms with Crippen molar-refractivity contribution in [1.29, 1.82) is 0 Å². The summed E-state index contributed by atoms with van der Waals surface area (Å²) in [5, 5.41) is 40.2. The third kappa shape index (κ3) is 4.63. The summed E-state index contributed by atoms with van der Waals surface area (Å²) in [5.74, 6) is 0. The molecule has 7 nitrogen and oxygen atoms in total. The zero-order valence-electron chi connectivity index (χ0n) is 15.2. The molecule has 152 valence electrons. The van der Waals surface area contributed by atoms with Gasteiger partial charge in [0.05, 0.1) is 25.4 Å². The predicted molar refractivity (Wildman–Crippen MR) is 97.6 cm³/mol. The Kier molecular flexibility index (Phi) is 7.10. The van der Waals surface area contributed by atoms with Crippen LogP contribution in [0.5, 0.6) is 0 Å². The number of hydrogen-bond acceptors (Lipinski definition) is 7. The zero-order chi connectivity index (χ0) is 19.6. The summed E-state index contributed by atoms with van der Waals surface area (Å²) in [4.78, 5) is 0. The lowest BCUT2D eigenvalue weighted by Crippen LogP contribution is -2.55. The van der Waals surface area contributed by atoms with Crippen molar-refractivity contribution < 1.29 is 34.6 Å². The highest BCUT2D eigenvalue weighted by molar-refractivity contribution is 6.31. The number of aliphatic hydroxyl groups excluding tert-OH is 4. The normalized spacial score (nSPS) is 36.9. The first-order valence-corrected chi connectivity index (χ1v) is 9.64. The number of benzene rings is 1. The van der Waals surface area contributed by atoms with E-state index in [1.165, 1.54) is 0 Å². The Morgan fingerprint density at radius 2 is 1.96 bits per heavy atom. The zero-order valence-corrected chi connectivity index (χ0v) is 16.0. The molecule has 2 fully saturated rings. The van der Waals surface area contributed by atoms with Crippen LogP contribution in [0.2, 0.25) is 5.02 Å². The number of hydrogen-bond donors (Lipinski definition) is 4. The molecular weight excluding hydrogens is 376 g/mol. The Bertz CT molecular complexity index is 626. The van der Waals surface area contributed by atoms with Crippen molar-refractivity contribution >= 4 is 11.6 Å². The summed E-state index contributed by atoms with van der Waals surface area (Å²) in [6, 6.07) is 5.23.